The highest BCUT2D eigenvalue weighted by atomic mass is 16.5. The number of carbonyl (C=O) groups is 2. The number of fused-ring (bicyclic) bond motifs is 1. The summed E-state index contributed by atoms with van der Waals surface area (Å²) in [4.78, 5) is 36.4. The Morgan fingerprint density at radius 1 is 0.944 bits per heavy atom. The summed E-state index contributed by atoms with van der Waals surface area (Å²) in [5.74, 6) is 2.07. The second-order valence-electron chi connectivity index (χ2n) is 10.3. The van der Waals surface area contributed by atoms with Crippen LogP contribution in [-0.4, -0.2) is 81.7 Å². The standard InChI is InChI=1S/C28H35N5O3/c1-21-15-22(2)17-33(16-21)27(34)19-30-11-13-31(14-12-30)28(35)23-6-8-25(9-7-23)36-20-24-18-32-10-4-3-5-26(32)29-24/h3-10,18,21-22H,11-17,19-20H2,1-2H3/t21-,22+. The molecular weight excluding hydrogens is 454 g/mol. The zero-order valence-electron chi connectivity index (χ0n) is 21.2. The first-order chi connectivity index (χ1) is 17.4. The van der Waals surface area contributed by atoms with E-state index in [1.165, 1.54) is 6.42 Å². The van der Waals surface area contributed by atoms with Gasteiger partial charge in [-0.15, -0.1) is 0 Å². The summed E-state index contributed by atoms with van der Waals surface area (Å²) in [6.07, 6.45) is 5.10. The molecule has 0 unspecified atom stereocenters. The van der Waals surface area contributed by atoms with Crippen molar-refractivity contribution in [3.8, 4) is 5.75 Å². The van der Waals surface area contributed by atoms with Crippen LogP contribution in [0.3, 0.4) is 0 Å². The van der Waals surface area contributed by atoms with Crippen LogP contribution in [-0.2, 0) is 11.4 Å². The molecule has 4 heterocycles. The molecule has 0 aliphatic carbocycles. The Bertz CT molecular complexity index is 1160. The molecule has 0 spiro atoms. The fraction of sp³-hybridized carbons (Fsp3) is 0.464. The van der Waals surface area contributed by atoms with Crippen molar-refractivity contribution in [2.24, 2.45) is 11.8 Å². The molecule has 0 N–H and O–H groups in total. The number of hydrogen-bond donors (Lipinski definition) is 0. The van der Waals surface area contributed by atoms with Gasteiger partial charge in [-0.1, -0.05) is 19.9 Å². The van der Waals surface area contributed by atoms with Crippen LogP contribution in [0, 0.1) is 11.8 Å². The molecule has 0 bridgehead atoms. The Balaban J connectivity index is 1.09. The normalized spacial score (nSPS) is 21.1. The minimum Gasteiger partial charge on any atom is -0.487 e. The highest BCUT2D eigenvalue weighted by Crippen LogP contribution is 2.21. The maximum atomic E-state index is 13.0. The van der Waals surface area contributed by atoms with Gasteiger partial charge in [0.15, 0.2) is 0 Å². The zero-order chi connectivity index (χ0) is 25.1. The lowest BCUT2D eigenvalue weighted by molar-refractivity contribution is -0.135. The van der Waals surface area contributed by atoms with Crippen LogP contribution in [0.15, 0.2) is 54.9 Å². The number of piperazine rings is 1. The average Bonchev–Trinajstić information content (AvgIpc) is 3.30. The Morgan fingerprint density at radius 2 is 1.67 bits per heavy atom. The quantitative estimate of drug-likeness (QED) is 0.532. The summed E-state index contributed by atoms with van der Waals surface area (Å²) >= 11 is 0. The van der Waals surface area contributed by atoms with Gasteiger partial charge in [0, 0.05) is 57.2 Å². The molecule has 2 atom stereocenters. The van der Waals surface area contributed by atoms with Gasteiger partial charge in [0.25, 0.3) is 5.91 Å². The van der Waals surface area contributed by atoms with Gasteiger partial charge in [-0.3, -0.25) is 14.5 Å². The zero-order valence-corrected chi connectivity index (χ0v) is 21.2. The maximum absolute atomic E-state index is 13.0. The van der Waals surface area contributed by atoms with Gasteiger partial charge in [0.2, 0.25) is 5.91 Å². The lowest BCUT2D eigenvalue weighted by atomic mass is 9.92. The van der Waals surface area contributed by atoms with Gasteiger partial charge in [0.05, 0.1) is 12.2 Å². The van der Waals surface area contributed by atoms with Crippen molar-refractivity contribution in [1.82, 2.24) is 24.1 Å². The summed E-state index contributed by atoms with van der Waals surface area (Å²) in [6, 6.07) is 13.2. The van der Waals surface area contributed by atoms with Crippen molar-refractivity contribution in [2.45, 2.75) is 26.9 Å². The number of imidazole rings is 1. The van der Waals surface area contributed by atoms with Crippen LogP contribution in [0.5, 0.6) is 5.75 Å². The number of likely N-dealkylation sites (tertiary alicyclic amines) is 1. The smallest absolute Gasteiger partial charge is 0.253 e. The molecule has 2 amide bonds. The lowest BCUT2D eigenvalue weighted by Crippen LogP contribution is -2.53. The number of benzene rings is 1. The van der Waals surface area contributed by atoms with E-state index in [-0.39, 0.29) is 11.8 Å². The second-order valence-corrected chi connectivity index (χ2v) is 10.3. The number of aromatic nitrogens is 2. The molecule has 2 aliphatic rings. The molecule has 5 rings (SSSR count). The van der Waals surface area contributed by atoms with Crippen LogP contribution < -0.4 is 4.74 Å². The number of hydrogen-bond acceptors (Lipinski definition) is 5. The van der Waals surface area contributed by atoms with E-state index in [0.29, 0.717) is 49.4 Å². The number of amides is 2. The molecule has 8 heteroatoms. The van der Waals surface area contributed by atoms with E-state index in [0.717, 1.165) is 37.5 Å². The summed E-state index contributed by atoms with van der Waals surface area (Å²) in [6.45, 7) is 9.68. The summed E-state index contributed by atoms with van der Waals surface area (Å²) in [5, 5.41) is 0. The van der Waals surface area contributed by atoms with E-state index in [2.05, 4.69) is 23.7 Å². The first kappa shape index (κ1) is 24.3. The highest BCUT2D eigenvalue weighted by Gasteiger charge is 2.28. The predicted molar refractivity (Wildman–Crippen MR) is 138 cm³/mol. The summed E-state index contributed by atoms with van der Waals surface area (Å²) < 4.78 is 7.84. The van der Waals surface area contributed by atoms with Gasteiger partial charge < -0.3 is 18.9 Å². The first-order valence-electron chi connectivity index (χ1n) is 12.9. The number of rotatable bonds is 6. The van der Waals surface area contributed by atoms with Gasteiger partial charge in [-0.25, -0.2) is 4.98 Å². The fourth-order valence-corrected chi connectivity index (χ4v) is 5.36. The third kappa shape index (κ3) is 5.70. The summed E-state index contributed by atoms with van der Waals surface area (Å²) in [5.41, 5.74) is 2.38. The van der Waals surface area contributed by atoms with Crippen LogP contribution in [0.25, 0.3) is 5.65 Å². The van der Waals surface area contributed by atoms with Crippen molar-refractivity contribution in [2.75, 3.05) is 45.8 Å². The van der Waals surface area contributed by atoms with E-state index in [9.17, 15) is 9.59 Å². The SMILES string of the molecule is C[C@@H]1C[C@H](C)CN(C(=O)CN2CCN(C(=O)c3ccc(OCc4cn5ccccc5n4)cc3)CC2)C1. The lowest BCUT2D eigenvalue weighted by Gasteiger charge is -2.38. The van der Waals surface area contributed by atoms with E-state index in [4.69, 9.17) is 4.74 Å². The third-order valence-electron chi connectivity index (χ3n) is 7.14. The van der Waals surface area contributed by atoms with Crippen molar-refractivity contribution < 1.29 is 14.3 Å². The molecular formula is C28H35N5O3. The van der Waals surface area contributed by atoms with Gasteiger partial charge in [0.1, 0.15) is 18.0 Å². The van der Waals surface area contributed by atoms with Gasteiger partial charge >= 0.3 is 0 Å². The Morgan fingerprint density at radius 3 is 2.36 bits per heavy atom. The van der Waals surface area contributed by atoms with Crippen molar-refractivity contribution in [3.05, 3.63) is 66.1 Å². The molecule has 2 saturated heterocycles. The molecule has 1 aromatic carbocycles. The minimum atomic E-state index is 0.0200. The van der Waals surface area contributed by atoms with E-state index >= 15 is 0 Å². The second kappa shape index (κ2) is 10.7. The van der Waals surface area contributed by atoms with Crippen LogP contribution in [0.2, 0.25) is 0 Å². The Labute approximate surface area is 212 Å². The first-order valence-corrected chi connectivity index (χ1v) is 12.9. The van der Waals surface area contributed by atoms with Crippen molar-refractivity contribution >= 4 is 17.5 Å². The number of ether oxygens (including phenoxy) is 1. The topological polar surface area (TPSA) is 70.4 Å². The fourth-order valence-electron chi connectivity index (χ4n) is 5.36. The Kier molecular flexibility index (Phi) is 7.23. The molecule has 8 nitrogen and oxygen atoms in total. The molecule has 190 valence electrons. The molecule has 0 saturated carbocycles. The minimum absolute atomic E-state index is 0.0200. The van der Waals surface area contributed by atoms with E-state index in [1.54, 1.807) is 0 Å². The largest absolute Gasteiger partial charge is 0.487 e. The molecule has 2 aliphatic heterocycles. The van der Waals surface area contributed by atoms with Crippen LogP contribution >= 0.6 is 0 Å². The molecule has 2 fully saturated rings. The van der Waals surface area contributed by atoms with Gasteiger partial charge in [-0.05, 0) is 54.7 Å². The van der Waals surface area contributed by atoms with E-state index in [1.807, 2.05) is 69.1 Å². The van der Waals surface area contributed by atoms with E-state index < -0.39 is 0 Å². The third-order valence-corrected chi connectivity index (χ3v) is 7.14. The molecule has 2 aromatic heterocycles. The van der Waals surface area contributed by atoms with Crippen molar-refractivity contribution in [1.29, 1.82) is 0 Å². The van der Waals surface area contributed by atoms with Gasteiger partial charge in [-0.2, -0.15) is 0 Å². The highest BCUT2D eigenvalue weighted by molar-refractivity contribution is 5.94. The predicted octanol–water partition coefficient (Wildman–Crippen LogP) is 3.18. The monoisotopic (exact) mass is 489 g/mol. The number of carbonyl (C=O) groups excluding carboxylic acids is 2. The molecule has 3 aromatic rings. The van der Waals surface area contributed by atoms with Crippen LogP contribution in [0.1, 0.15) is 36.3 Å². The number of nitrogens with zero attached hydrogens (tertiary/aromatic N) is 5. The number of piperidine rings is 1. The number of pyridine rings is 1. The molecule has 0 radical (unpaired) electrons. The molecule has 36 heavy (non-hydrogen) atoms. The maximum Gasteiger partial charge on any atom is 0.253 e. The Hall–Kier alpha value is -3.39. The average molecular weight is 490 g/mol. The van der Waals surface area contributed by atoms with Crippen molar-refractivity contribution in [3.63, 3.8) is 0 Å². The summed E-state index contributed by atoms with van der Waals surface area (Å²) in [7, 11) is 0. The van der Waals surface area contributed by atoms with Crippen LogP contribution in [0.4, 0.5) is 0 Å².